The molecule has 2 rings (SSSR count). The van der Waals surface area contributed by atoms with Gasteiger partial charge in [-0.15, -0.1) is 0 Å². The quantitative estimate of drug-likeness (QED) is 0.654. The van der Waals surface area contributed by atoms with Crippen molar-refractivity contribution in [2.45, 2.75) is 13.0 Å². The highest BCUT2D eigenvalue weighted by Gasteiger charge is 2.16. The fourth-order valence-corrected chi connectivity index (χ4v) is 2.04. The smallest absolute Gasteiger partial charge is 0.331 e. The number of hydrogen-bond acceptors (Lipinski definition) is 4. The number of rotatable bonds is 5. The first-order valence-corrected chi connectivity index (χ1v) is 7.81. The number of amides is 1. The number of anilines is 1. The van der Waals surface area contributed by atoms with E-state index >= 15 is 0 Å². The third-order valence-electron chi connectivity index (χ3n) is 3.20. The Hall–Kier alpha value is -3.10. The Balaban J connectivity index is 1.90. The van der Waals surface area contributed by atoms with Gasteiger partial charge in [0.25, 0.3) is 5.91 Å². The SMILES string of the molecule is CC(OC(=O)C=Cc1ccc(Cl)cc1)C(=O)Nc1cccc(C#N)c1. The van der Waals surface area contributed by atoms with Gasteiger partial charge in [0.1, 0.15) is 0 Å². The zero-order chi connectivity index (χ0) is 18.2. The molecule has 0 aliphatic carbocycles. The van der Waals surface area contributed by atoms with Crippen LogP contribution in [0, 0.1) is 11.3 Å². The standard InChI is InChI=1S/C19H15ClN2O3/c1-13(19(24)22-17-4-2-3-15(11-17)12-21)25-18(23)10-7-14-5-8-16(20)9-6-14/h2-11,13H,1H3,(H,22,24). The van der Waals surface area contributed by atoms with Crippen LogP contribution in [0.2, 0.25) is 5.02 Å². The topological polar surface area (TPSA) is 79.2 Å². The van der Waals surface area contributed by atoms with Crippen LogP contribution in [0.25, 0.3) is 6.08 Å². The Kier molecular flexibility index (Phi) is 6.33. The molecule has 0 bridgehead atoms. The van der Waals surface area contributed by atoms with Crippen LogP contribution in [0.5, 0.6) is 0 Å². The van der Waals surface area contributed by atoms with Gasteiger partial charge in [0, 0.05) is 16.8 Å². The molecule has 0 spiro atoms. The second-order valence-corrected chi connectivity index (χ2v) is 5.58. The number of benzene rings is 2. The summed E-state index contributed by atoms with van der Waals surface area (Å²) in [5, 5.41) is 12.0. The molecule has 2 aromatic rings. The van der Waals surface area contributed by atoms with Crippen molar-refractivity contribution >= 4 is 35.2 Å². The average Bonchev–Trinajstić information content (AvgIpc) is 2.61. The van der Waals surface area contributed by atoms with Crippen LogP contribution in [0.4, 0.5) is 5.69 Å². The number of nitrogens with one attached hydrogen (secondary N) is 1. The minimum absolute atomic E-state index is 0.424. The molecule has 1 unspecified atom stereocenters. The normalized spacial score (nSPS) is 11.6. The summed E-state index contributed by atoms with van der Waals surface area (Å²) in [5.74, 6) is -1.12. The minimum atomic E-state index is -0.979. The molecule has 0 aliphatic heterocycles. The average molecular weight is 355 g/mol. The molecule has 25 heavy (non-hydrogen) atoms. The molecular weight excluding hydrogens is 340 g/mol. The van der Waals surface area contributed by atoms with Crippen molar-refractivity contribution in [3.05, 3.63) is 70.8 Å². The molecule has 1 amide bonds. The Morgan fingerprint density at radius 3 is 2.64 bits per heavy atom. The van der Waals surface area contributed by atoms with Crippen LogP contribution in [0.3, 0.4) is 0 Å². The summed E-state index contributed by atoms with van der Waals surface area (Å²) in [4.78, 5) is 23.8. The highest BCUT2D eigenvalue weighted by atomic mass is 35.5. The van der Waals surface area contributed by atoms with Gasteiger partial charge in [-0.1, -0.05) is 29.8 Å². The summed E-state index contributed by atoms with van der Waals surface area (Å²) >= 11 is 5.79. The van der Waals surface area contributed by atoms with E-state index in [1.165, 1.54) is 19.1 Å². The number of esters is 1. The van der Waals surface area contributed by atoms with Crippen LogP contribution < -0.4 is 5.32 Å². The Morgan fingerprint density at radius 2 is 1.96 bits per heavy atom. The number of halogens is 1. The predicted molar refractivity (Wildman–Crippen MR) is 95.8 cm³/mol. The molecule has 0 saturated carbocycles. The number of carbonyl (C=O) groups excluding carboxylic acids is 2. The maximum absolute atomic E-state index is 12.0. The molecule has 0 aliphatic rings. The van der Waals surface area contributed by atoms with E-state index < -0.39 is 18.0 Å². The summed E-state index contributed by atoms with van der Waals surface area (Å²) in [7, 11) is 0. The van der Waals surface area contributed by atoms with Crippen molar-refractivity contribution < 1.29 is 14.3 Å². The van der Waals surface area contributed by atoms with Gasteiger partial charge < -0.3 is 10.1 Å². The molecule has 0 fully saturated rings. The van der Waals surface area contributed by atoms with Gasteiger partial charge in [-0.05, 0) is 48.9 Å². The summed E-state index contributed by atoms with van der Waals surface area (Å²) in [6, 6.07) is 15.4. The predicted octanol–water partition coefficient (Wildman–Crippen LogP) is 3.80. The molecule has 1 N–H and O–H groups in total. The van der Waals surface area contributed by atoms with Crippen LogP contribution >= 0.6 is 11.6 Å². The largest absolute Gasteiger partial charge is 0.449 e. The zero-order valence-electron chi connectivity index (χ0n) is 13.4. The van der Waals surface area contributed by atoms with Gasteiger partial charge in [-0.25, -0.2) is 4.79 Å². The third-order valence-corrected chi connectivity index (χ3v) is 3.46. The van der Waals surface area contributed by atoms with Gasteiger partial charge in [-0.2, -0.15) is 5.26 Å². The maximum Gasteiger partial charge on any atom is 0.331 e. The first-order valence-electron chi connectivity index (χ1n) is 7.43. The highest BCUT2D eigenvalue weighted by molar-refractivity contribution is 6.30. The van der Waals surface area contributed by atoms with E-state index in [0.717, 1.165) is 5.56 Å². The van der Waals surface area contributed by atoms with Gasteiger partial charge >= 0.3 is 5.97 Å². The Labute approximate surface area is 150 Å². The van der Waals surface area contributed by atoms with Crippen molar-refractivity contribution in [2.24, 2.45) is 0 Å². The van der Waals surface area contributed by atoms with E-state index in [0.29, 0.717) is 16.3 Å². The van der Waals surface area contributed by atoms with Crippen LogP contribution in [-0.2, 0) is 14.3 Å². The van der Waals surface area contributed by atoms with Crippen LogP contribution in [0.1, 0.15) is 18.1 Å². The molecule has 0 heterocycles. The first-order chi connectivity index (χ1) is 12.0. The number of nitriles is 1. The Bertz CT molecular complexity index is 838. The van der Waals surface area contributed by atoms with Crippen LogP contribution in [0.15, 0.2) is 54.6 Å². The lowest BCUT2D eigenvalue weighted by Gasteiger charge is -2.12. The number of carbonyl (C=O) groups is 2. The summed E-state index contributed by atoms with van der Waals surface area (Å²) < 4.78 is 5.06. The van der Waals surface area contributed by atoms with Crippen molar-refractivity contribution in [3.8, 4) is 6.07 Å². The summed E-state index contributed by atoms with van der Waals surface area (Å²) in [6.45, 7) is 1.47. The first kappa shape index (κ1) is 18.2. The van der Waals surface area contributed by atoms with E-state index in [1.54, 1.807) is 48.5 Å². The highest BCUT2D eigenvalue weighted by Crippen LogP contribution is 2.12. The lowest BCUT2D eigenvalue weighted by atomic mass is 10.2. The lowest BCUT2D eigenvalue weighted by Crippen LogP contribution is -2.29. The molecule has 0 radical (unpaired) electrons. The van der Waals surface area contributed by atoms with Crippen molar-refractivity contribution in [2.75, 3.05) is 5.32 Å². The Morgan fingerprint density at radius 1 is 1.24 bits per heavy atom. The molecule has 0 aromatic heterocycles. The summed E-state index contributed by atoms with van der Waals surface area (Å²) in [6.07, 6.45) is 1.83. The fraction of sp³-hybridized carbons (Fsp3) is 0.105. The van der Waals surface area contributed by atoms with Crippen molar-refractivity contribution in [1.29, 1.82) is 5.26 Å². The number of ether oxygens (including phenoxy) is 1. The van der Waals surface area contributed by atoms with Crippen molar-refractivity contribution in [1.82, 2.24) is 0 Å². The fourth-order valence-electron chi connectivity index (χ4n) is 1.92. The lowest BCUT2D eigenvalue weighted by molar-refractivity contribution is -0.148. The third kappa shape index (κ3) is 5.79. The zero-order valence-corrected chi connectivity index (χ0v) is 14.2. The molecule has 0 saturated heterocycles. The summed E-state index contributed by atoms with van der Waals surface area (Å²) in [5.41, 5.74) is 1.67. The van der Waals surface area contributed by atoms with E-state index in [2.05, 4.69) is 5.32 Å². The number of hydrogen-bond donors (Lipinski definition) is 1. The molecule has 6 heteroatoms. The maximum atomic E-state index is 12.0. The second kappa shape index (κ2) is 8.67. The van der Waals surface area contributed by atoms with E-state index in [1.807, 2.05) is 6.07 Å². The van der Waals surface area contributed by atoms with Crippen LogP contribution in [-0.4, -0.2) is 18.0 Å². The van der Waals surface area contributed by atoms with E-state index in [9.17, 15) is 9.59 Å². The molecule has 126 valence electrons. The van der Waals surface area contributed by atoms with Gasteiger partial charge in [0.05, 0.1) is 11.6 Å². The van der Waals surface area contributed by atoms with Crippen molar-refractivity contribution in [3.63, 3.8) is 0 Å². The van der Waals surface area contributed by atoms with Gasteiger partial charge in [-0.3, -0.25) is 4.79 Å². The minimum Gasteiger partial charge on any atom is -0.449 e. The second-order valence-electron chi connectivity index (χ2n) is 5.15. The van der Waals surface area contributed by atoms with E-state index in [4.69, 9.17) is 21.6 Å². The van der Waals surface area contributed by atoms with E-state index in [-0.39, 0.29) is 0 Å². The number of nitrogens with zero attached hydrogens (tertiary/aromatic N) is 1. The molecule has 1 atom stereocenters. The van der Waals surface area contributed by atoms with Gasteiger partial charge in [0.2, 0.25) is 0 Å². The molecular formula is C19H15ClN2O3. The monoisotopic (exact) mass is 354 g/mol. The van der Waals surface area contributed by atoms with Gasteiger partial charge in [0.15, 0.2) is 6.10 Å². The molecule has 2 aromatic carbocycles. The molecule has 5 nitrogen and oxygen atoms in total.